The minimum Gasteiger partial charge on any atom is -0.491 e. The standard InChI is InChI=1S/C22H32N4O7S2/c1-16-6-7-19-20(26(16)22(27)32-3)9-8-18(21(19)33-12-10-24(2)35(5,30)31)17-14-23-25(15-17)11-13-34(4,28)29/h8-9,14-16H,6-7,10-13H2,1-5H3. The van der Waals surface area contributed by atoms with Crippen molar-refractivity contribution in [2.45, 2.75) is 32.4 Å². The van der Waals surface area contributed by atoms with E-state index in [1.165, 1.54) is 24.7 Å². The van der Waals surface area contributed by atoms with Gasteiger partial charge in [-0.3, -0.25) is 9.58 Å². The molecule has 0 spiro atoms. The highest BCUT2D eigenvalue weighted by Crippen LogP contribution is 2.43. The molecule has 13 heteroatoms. The Kier molecular flexibility index (Phi) is 8.12. The zero-order valence-corrected chi connectivity index (χ0v) is 22.2. The molecule has 0 aliphatic carbocycles. The van der Waals surface area contributed by atoms with Gasteiger partial charge in [0.15, 0.2) is 0 Å². The number of anilines is 1. The number of fused-ring (bicyclic) bond motifs is 1. The van der Waals surface area contributed by atoms with E-state index < -0.39 is 26.0 Å². The molecule has 0 radical (unpaired) electrons. The lowest BCUT2D eigenvalue weighted by Gasteiger charge is -2.35. The number of carbonyl (C=O) groups is 1. The molecule has 0 saturated heterocycles. The molecule has 3 rings (SSSR count). The molecule has 1 aliphatic heterocycles. The third kappa shape index (κ3) is 6.53. The van der Waals surface area contributed by atoms with Crippen molar-refractivity contribution in [2.24, 2.45) is 0 Å². The van der Waals surface area contributed by atoms with Crippen molar-refractivity contribution >= 4 is 31.6 Å². The number of hydrogen-bond donors (Lipinski definition) is 0. The van der Waals surface area contributed by atoms with Gasteiger partial charge in [0.1, 0.15) is 22.2 Å². The molecule has 1 amide bonds. The third-order valence-electron chi connectivity index (χ3n) is 5.97. The van der Waals surface area contributed by atoms with Crippen LogP contribution >= 0.6 is 0 Å². The molecule has 2 heterocycles. The Morgan fingerprint density at radius 1 is 1.23 bits per heavy atom. The molecular formula is C22H32N4O7S2. The van der Waals surface area contributed by atoms with Crippen LogP contribution in [0.15, 0.2) is 24.5 Å². The van der Waals surface area contributed by atoms with E-state index in [-0.39, 0.29) is 31.5 Å². The van der Waals surface area contributed by atoms with Gasteiger partial charge in [0, 0.05) is 48.8 Å². The SMILES string of the molecule is COC(=O)N1c2ccc(-c3cnn(CCS(C)(=O)=O)c3)c(OCCN(C)S(C)(=O)=O)c2CCC1C. The van der Waals surface area contributed by atoms with Crippen LogP contribution in [-0.4, -0.2) is 88.6 Å². The first-order valence-electron chi connectivity index (χ1n) is 11.1. The van der Waals surface area contributed by atoms with Crippen LogP contribution in [0, 0.1) is 0 Å². The fourth-order valence-electron chi connectivity index (χ4n) is 3.90. The third-order valence-corrected chi connectivity index (χ3v) is 8.21. The highest BCUT2D eigenvalue weighted by atomic mass is 32.2. The molecule has 0 N–H and O–H groups in total. The molecule has 0 saturated carbocycles. The number of ether oxygens (including phenoxy) is 2. The lowest BCUT2D eigenvalue weighted by molar-refractivity contribution is 0.175. The smallest absolute Gasteiger partial charge is 0.414 e. The maximum atomic E-state index is 12.5. The molecule has 194 valence electrons. The fraction of sp³-hybridized carbons (Fsp3) is 0.545. The number of aryl methyl sites for hydroxylation is 1. The van der Waals surface area contributed by atoms with E-state index in [1.54, 1.807) is 22.0 Å². The summed E-state index contributed by atoms with van der Waals surface area (Å²) in [5.41, 5.74) is 2.93. The Hall–Kier alpha value is -2.64. The van der Waals surface area contributed by atoms with Crippen LogP contribution < -0.4 is 9.64 Å². The zero-order chi connectivity index (χ0) is 26.0. The molecule has 1 aromatic carbocycles. The van der Waals surface area contributed by atoms with Gasteiger partial charge in [-0.2, -0.15) is 5.10 Å². The Labute approximate surface area is 206 Å². The summed E-state index contributed by atoms with van der Waals surface area (Å²) in [6.07, 6.45) is 6.55. The topological polar surface area (TPSA) is 128 Å². The predicted octanol–water partition coefficient (Wildman–Crippen LogP) is 1.77. The number of aromatic nitrogens is 2. The van der Waals surface area contributed by atoms with Crippen LogP contribution in [0.5, 0.6) is 5.75 Å². The fourth-order valence-corrected chi connectivity index (χ4v) is 4.82. The van der Waals surface area contributed by atoms with Gasteiger partial charge in [-0.05, 0) is 31.9 Å². The normalized spacial score (nSPS) is 16.3. The van der Waals surface area contributed by atoms with E-state index in [1.807, 2.05) is 19.1 Å². The molecule has 0 bridgehead atoms. The van der Waals surface area contributed by atoms with E-state index in [2.05, 4.69) is 5.10 Å². The van der Waals surface area contributed by atoms with Gasteiger partial charge >= 0.3 is 6.09 Å². The largest absolute Gasteiger partial charge is 0.491 e. The van der Waals surface area contributed by atoms with Gasteiger partial charge in [0.2, 0.25) is 10.0 Å². The number of benzene rings is 1. The zero-order valence-electron chi connectivity index (χ0n) is 20.6. The number of sulfone groups is 1. The summed E-state index contributed by atoms with van der Waals surface area (Å²) < 4.78 is 60.5. The van der Waals surface area contributed by atoms with Gasteiger partial charge in [-0.25, -0.2) is 25.9 Å². The molecule has 0 fully saturated rings. The average molecular weight is 529 g/mol. The lowest BCUT2D eigenvalue weighted by atomic mass is 9.92. The maximum absolute atomic E-state index is 12.5. The number of nitrogens with zero attached hydrogens (tertiary/aromatic N) is 4. The van der Waals surface area contributed by atoms with Gasteiger partial charge in [-0.1, -0.05) is 0 Å². The van der Waals surface area contributed by atoms with Gasteiger partial charge in [0.05, 0.1) is 37.5 Å². The number of likely N-dealkylation sites (N-methyl/N-ethyl adjacent to an activating group) is 1. The summed E-state index contributed by atoms with van der Waals surface area (Å²) >= 11 is 0. The first kappa shape index (κ1) is 27.0. The van der Waals surface area contributed by atoms with E-state index in [9.17, 15) is 21.6 Å². The number of methoxy groups -OCH3 is 1. The molecule has 1 aliphatic rings. The Morgan fingerprint density at radius 3 is 2.57 bits per heavy atom. The molecule has 1 unspecified atom stereocenters. The highest BCUT2D eigenvalue weighted by Gasteiger charge is 2.32. The lowest BCUT2D eigenvalue weighted by Crippen LogP contribution is -2.42. The minimum absolute atomic E-state index is 0.0362. The van der Waals surface area contributed by atoms with Crippen molar-refractivity contribution in [1.82, 2.24) is 14.1 Å². The predicted molar refractivity (Wildman–Crippen MR) is 133 cm³/mol. The Morgan fingerprint density at radius 2 is 1.94 bits per heavy atom. The number of sulfonamides is 1. The second-order valence-corrected chi connectivity index (χ2v) is 13.1. The van der Waals surface area contributed by atoms with Gasteiger partial charge in [-0.15, -0.1) is 0 Å². The van der Waals surface area contributed by atoms with E-state index in [0.717, 1.165) is 22.9 Å². The van der Waals surface area contributed by atoms with Crippen molar-refractivity contribution in [3.63, 3.8) is 0 Å². The van der Waals surface area contributed by atoms with E-state index in [0.29, 0.717) is 24.3 Å². The van der Waals surface area contributed by atoms with Crippen molar-refractivity contribution in [1.29, 1.82) is 0 Å². The van der Waals surface area contributed by atoms with Crippen LogP contribution in [0.1, 0.15) is 18.9 Å². The van der Waals surface area contributed by atoms with Crippen molar-refractivity contribution in [2.75, 3.05) is 50.5 Å². The van der Waals surface area contributed by atoms with Crippen LogP contribution in [0.2, 0.25) is 0 Å². The number of amides is 1. The quantitative estimate of drug-likeness (QED) is 0.482. The van der Waals surface area contributed by atoms with Crippen LogP contribution in [0.4, 0.5) is 10.5 Å². The summed E-state index contributed by atoms with van der Waals surface area (Å²) in [4.78, 5) is 14.1. The average Bonchev–Trinajstić information content (AvgIpc) is 3.24. The Bertz CT molecular complexity index is 1290. The van der Waals surface area contributed by atoms with Crippen LogP contribution in [-0.2, 0) is 37.6 Å². The van der Waals surface area contributed by atoms with Crippen LogP contribution in [0.25, 0.3) is 11.1 Å². The second kappa shape index (κ2) is 10.5. The molecule has 11 nitrogen and oxygen atoms in total. The van der Waals surface area contributed by atoms with Crippen molar-refractivity contribution in [3.05, 3.63) is 30.1 Å². The molecule has 1 atom stereocenters. The van der Waals surface area contributed by atoms with Gasteiger partial charge in [0.25, 0.3) is 0 Å². The second-order valence-electron chi connectivity index (χ2n) is 8.72. The van der Waals surface area contributed by atoms with Crippen LogP contribution in [0.3, 0.4) is 0 Å². The maximum Gasteiger partial charge on any atom is 0.414 e. The first-order valence-corrected chi connectivity index (χ1v) is 15.0. The summed E-state index contributed by atoms with van der Waals surface area (Å²) in [6.45, 7) is 2.41. The Balaban J connectivity index is 2.00. The summed E-state index contributed by atoms with van der Waals surface area (Å²) in [7, 11) is -3.69. The van der Waals surface area contributed by atoms with Crippen molar-refractivity contribution < 1.29 is 31.1 Å². The molecule has 2 aromatic rings. The number of rotatable bonds is 9. The van der Waals surface area contributed by atoms with Crippen molar-refractivity contribution in [3.8, 4) is 16.9 Å². The number of hydrogen-bond acceptors (Lipinski definition) is 8. The van der Waals surface area contributed by atoms with Gasteiger partial charge < -0.3 is 9.47 Å². The summed E-state index contributed by atoms with van der Waals surface area (Å²) in [6, 6.07) is 3.59. The number of carbonyl (C=O) groups excluding carboxylic acids is 1. The van der Waals surface area contributed by atoms with E-state index >= 15 is 0 Å². The summed E-state index contributed by atoms with van der Waals surface area (Å²) in [5.74, 6) is 0.499. The first-order chi connectivity index (χ1) is 16.3. The molecular weight excluding hydrogens is 496 g/mol. The van der Waals surface area contributed by atoms with E-state index in [4.69, 9.17) is 9.47 Å². The minimum atomic E-state index is -3.36. The summed E-state index contributed by atoms with van der Waals surface area (Å²) in [5, 5.41) is 4.28. The molecule has 1 aromatic heterocycles. The monoisotopic (exact) mass is 528 g/mol. The highest BCUT2D eigenvalue weighted by molar-refractivity contribution is 7.90. The molecule has 35 heavy (non-hydrogen) atoms.